The quantitative estimate of drug-likeness (QED) is 0.792. The lowest BCUT2D eigenvalue weighted by Gasteiger charge is -2.20. The van der Waals surface area contributed by atoms with Gasteiger partial charge in [-0.2, -0.15) is 0 Å². The average Bonchev–Trinajstić information content (AvgIpc) is 2.90. The van der Waals surface area contributed by atoms with Crippen molar-refractivity contribution in [2.75, 3.05) is 13.2 Å². The molecular formula is C13H20N2O2. The first-order valence-electron chi connectivity index (χ1n) is 6.76. The standard InChI is InChI=1S/C13H20N2O2/c16-12-13(6-7-17-9-13)15-11(14-12)8-10-4-2-1-3-5-10/h10H,1-9H2,(H,14,15,16). The van der Waals surface area contributed by atoms with Crippen LogP contribution in [0.1, 0.15) is 44.9 Å². The first-order chi connectivity index (χ1) is 8.28. The van der Waals surface area contributed by atoms with Gasteiger partial charge < -0.3 is 10.1 Å². The Kier molecular flexibility index (Phi) is 2.90. The molecule has 17 heavy (non-hydrogen) atoms. The van der Waals surface area contributed by atoms with Crippen molar-refractivity contribution in [1.82, 2.24) is 5.32 Å². The Balaban J connectivity index is 1.66. The van der Waals surface area contributed by atoms with E-state index >= 15 is 0 Å². The third-order valence-corrected chi connectivity index (χ3v) is 4.24. The molecule has 0 aromatic rings. The molecule has 3 rings (SSSR count). The van der Waals surface area contributed by atoms with Crippen LogP contribution in [-0.4, -0.2) is 30.5 Å². The summed E-state index contributed by atoms with van der Waals surface area (Å²) in [5.41, 5.74) is -0.565. The van der Waals surface area contributed by atoms with Gasteiger partial charge in [-0.1, -0.05) is 32.1 Å². The second-order valence-electron chi connectivity index (χ2n) is 5.55. The Hall–Kier alpha value is -0.900. The number of ether oxygens (including phenoxy) is 1. The smallest absolute Gasteiger partial charge is 0.255 e. The maximum atomic E-state index is 11.9. The van der Waals surface area contributed by atoms with Crippen molar-refractivity contribution in [3.8, 4) is 0 Å². The number of amides is 1. The van der Waals surface area contributed by atoms with Gasteiger partial charge in [0.25, 0.3) is 5.91 Å². The van der Waals surface area contributed by atoms with Gasteiger partial charge in [0, 0.05) is 19.4 Å². The molecule has 2 aliphatic heterocycles. The molecule has 1 N–H and O–H groups in total. The fourth-order valence-electron chi connectivity index (χ4n) is 3.17. The molecule has 0 radical (unpaired) electrons. The van der Waals surface area contributed by atoms with Crippen LogP contribution in [0, 0.1) is 5.92 Å². The molecular weight excluding hydrogens is 216 g/mol. The van der Waals surface area contributed by atoms with E-state index < -0.39 is 5.54 Å². The van der Waals surface area contributed by atoms with Crippen LogP contribution < -0.4 is 5.32 Å². The van der Waals surface area contributed by atoms with Crippen LogP contribution >= 0.6 is 0 Å². The van der Waals surface area contributed by atoms with Crippen LogP contribution in [0.4, 0.5) is 0 Å². The Morgan fingerprint density at radius 3 is 2.88 bits per heavy atom. The van der Waals surface area contributed by atoms with Crippen LogP contribution in [-0.2, 0) is 9.53 Å². The second-order valence-corrected chi connectivity index (χ2v) is 5.55. The normalized spacial score (nSPS) is 34.1. The summed E-state index contributed by atoms with van der Waals surface area (Å²) in [7, 11) is 0. The minimum Gasteiger partial charge on any atom is -0.378 e. The molecule has 1 amide bonds. The van der Waals surface area contributed by atoms with Gasteiger partial charge in [-0.25, -0.2) is 0 Å². The largest absolute Gasteiger partial charge is 0.378 e. The lowest BCUT2D eigenvalue weighted by Crippen LogP contribution is -2.40. The Bertz CT molecular complexity index is 339. The predicted octanol–water partition coefficient (Wildman–Crippen LogP) is 1.64. The lowest BCUT2D eigenvalue weighted by molar-refractivity contribution is -0.123. The fourth-order valence-corrected chi connectivity index (χ4v) is 3.17. The van der Waals surface area contributed by atoms with Crippen molar-refractivity contribution in [3.63, 3.8) is 0 Å². The molecule has 1 unspecified atom stereocenters. The van der Waals surface area contributed by atoms with Gasteiger partial charge >= 0.3 is 0 Å². The molecule has 2 heterocycles. The van der Waals surface area contributed by atoms with E-state index in [4.69, 9.17) is 4.74 Å². The van der Waals surface area contributed by atoms with Crippen LogP contribution in [0.15, 0.2) is 4.99 Å². The first kappa shape index (κ1) is 11.2. The molecule has 0 aromatic carbocycles. The van der Waals surface area contributed by atoms with E-state index in [2.05, 4.69) is 10.3 Å². The number of nitrogens with one attached hydrogen (secondary N) is 1. The van der Waals surface area contributed by atoms with Gasteiger partial charge in [0.1, 0.15) is 5.84 Å². The number of hydrogen-bond donors (Lipinski definition) is 1. The van der Waals surface area contributed by atoms with Crippen LogP contribution in [0.25, 0.3) is 0 Å². The summed E-state index contributed by atoms with van der Waals surface area (Å²) < 4.78 is 5.32. The van der Waals surface area contributed by atoms with Crippen LogP contribution in [0.2, 0.25) is 0 Å². The van der Waals surface area contributed by atoms with Gasteiger partial charge in [-0.3, -0.25) is 9.79 Å². The molecule has 4 heteroatoms. The SMILES string of the molecule is O=C1NC(CC2CCCCC2)=NC12CCOC2. The molecule has 94 valence electrons. The van der Waals surface area contributed by atoms with Crippen molar-refractivity contribution in [3.05, 3.63) is 0 Å². The monoisotopic (exact) mass is 236 g/mol. The van der Waals surface area contributed by atoms with Crippen LogP contribution in [0.3, 0.4) is 0 Å². The molecule has 2 fully saturated rings. The average molecular weight is 236 g/mol. The molecule has 1 aliphatic carbocycles. The van der Waals surface area contributed by atoms with E-state index in [-0.39, 0.29) is 5.91 Å². The zero-order chi connectivity index (χ0) is 11.7. The highest BCUT2D eigenvalue weighted by molar-refractivity contribution is 6.08. The third kappa shape index (κ3) is 2.10. The van der Waals surface area contributed by atoms with Gasteiger partial charge in [-0.15, -0.1) is 0 Å². The third-order valence-electron chi connectivity index (χ3n) is 4.24. The number of carbonyl (C=O) groups excluding carboxylic acids is 1. The second kappa shape index (κ2) is 4.41. The molecule has 0 aromatic heterocycles. The molecule has 4 nitrogen and oxygen atoms in total. The number of nitrogens with zero attached hydrogens (tertiary/aromatic N) is 1. The van der Waals surface area contributed by atoms with E-state index in [1.165, 1.54) is 32.1 Å². The number of hydrogen-bond acceptors (Lipinski definition) is 3. The molecule has 3 aliphatic rings. The summed E-state index contributed by atoms with van der Waals surface area (Å²) in [6.07, 6.45) is 8.31. The van der Waals surface area contributed by atoms with Crippen molar-refractivity contribution in [1.29, 1.82) is 0 Å². The summed E-state index contributed by atoms with van der Waals surface area (Å²) in [5, 5.41) is 2.96. The Labute approximate surface area is 102 Å². The Morgan fingerprint density at radius 2 is 2.18 bits per heavy atom. The summed E-state index contributed by atoms with van der Waals surface area (Å²) in [5.74, 6) is 1.69. The zero-order valence-electron chi connectivity index (χ0n) is 10.2. The van der Waals surface area contributed by atoms with Gasteiger partial charge in [0.2, 0.25) is 0 Å². The van der Waals surface area contributed by atoms with Gasteiger partial charge in [-0.05, 0) is 5.92 Å². The number of amidine groups is 1. The molecule has 1 saturated heterocycles. The van der Waals surface area contributed by atoms with E-state index in [1.807, 2.05) is 0 Å². The molecule has 1 atom stereocenters. The highest BCUT2D eigenvalue weighted by Gasteiger charge is 2.46. The zero-order valence-corrected chi connectivity index (χ0v) is 10.2. The molecule has 0 bridgehead atoms. The topological polar surface area (TPSA) is 50.7 Å². The molecule has 1 spiro atoms. The Morgan fingerprint density at radius 1 is 1.35 bits per heavy atom. The van der Waals surface area contributed by atoms with Crippen molar-refractivity contribution >= 4 is 11.7 Å². The molecule has 1 saturated carbocycles. The van der Waals surface area contributed by atoms with Crippen molar-refractivity contribution in [2.24, 2.45) is 10.9 Å². The van der Waals surface area contributed by atoms with Crippen molar-refractivity contribution < 1.29 is 9.53 Å². The van der Waals surface area contributed by atoms with E-state index in [9.17, 15) is 4.79 Å². The number of aliphatic imine (C=N–C) groups is 1. The number of carbonyl (C=O) groups is 1. The van der Waals surface area contributed by atoms with Gasteiger partial charge in [0.15, 0.2) is 5.54 Å². The van der Waals surface area contributed by atoms with E-state index in [0.717, 1.165) is 24.6 Å². The van der Waals surface area contributed by atoms with E-state index in [1.54, 1.807) is 0 Å². The maximum absolute atomic E-state index is 11.9. The summed E-state index contributed by atoms with van der Waals surface area (Å²) in [4.78, 5) is 16.6. The lowest BCUT2D eigenvalue weighted by atomic mass is 9.87. The highest BCUT2D eigenvalue weighted by atomic mass is 16.5. The summed E-state index contributed by atoms with van der Waals surface area (Å²) in [6.45, 7) is 1.13. The maximum Gasteiger partial charge on any atom is 0.255 e. The minimum absolute atomic E-state index is 0.0563. The van der Waals surface area contributed by atoms with E-state index in [0.29, 0.717) is 13.2 Å². The summed E-state index contributed by atoms with van der Waals surface area (Å²) >= 11 is 0. The number of rotatable bonds is 2. The summed E-state index contributed by atoms with van der Waals surface area (Å²) in [6, 6.07) is 0. The minimum atomic E-state index is -0.565. The first-order valence-corrected chi connectivity index (χ1v) is 6.76. The van der Waals surface area contributed by atoms with Crippen LogP contribution in [0.5, 0.6) is 0 Å². The highest BCUT2D eigenvalue weighted by Crippen LogP contribution is 2.31. The predicted molar refractivity (Wildman–Crippen MR) is 64.9 cm³/mol. The van der Waals surface area contributed by atoms with Gasteiger partial charge in [0.05, 0.1) is 6.61 Å². The fraction of sp³-hybridized carbons (Fsp3) is 0.846. The van der Waals surface area contributed by atoms with Crippen molar-refractivity contribution in [2.45, 2.75) is 50.5 Å².